The monoisotopic (exact) mass is 266 g/mol. The Morgan fingerprint density at radius 3 is 2.63 bits per heavy atom. The Bertz CT molecular complexity index is 441. The smallest absolute Gasteiger partial charge is 0.250 e. The molecule has 108 valence electrons. The molecule has 0 saturated carbocycles. The average molecular weight is 266 g/mol. The molecule has 1 unspecified atom stereocenters. The second-order valence-corrected chi connectivity index (χ2v) is 5.23. The predicted octanol–water partition coefficient (Wildman–Crippen LogP) is 0.703. The molecule has 0 aliphatic carbocycles. The number of aromatic nitrogens is 1. The molecule has 1 aromatic rings. The molecule has 0 radical (unpaired) electrons. The maximum absolute atomic E-state index is 11.7. The molecule has 2 N–H and O–H groups in total. The molecule has 5 nitrogen and oxygen atoms in total. The van der Waals surface area contributed by atoms with Crippen LogP contribution in [0.5, 0.6) is 0 Å². The first-order valence-electron chi connectivity index (χ1n) is 6.78. The van der Waals surface area contributed by atoms with E-state index in [1.807, 2.05) is 0 Å². The lowest BCUT2D eigenvalue weighted by Gasteiger charge is -2.30. The first kappa shape index (κ1) is 15.7. The van der Waals surface area contributed by atoms with Crippen LogP contribution in [0.1, 0.15) is 13.8 Å². The molecule has 1 heterocycles. The van der Waals surface area contributed by atoms with Gasteiger partial charge in [-0.3, -0.25) is 9.69 Å². The fourth-order valence-electron chi connectivity index (χ4n) is 2.29. The van der Waals surface area contributed by atoms with Crippen LogP contribution < -0.4 is 11.3 Å². The van der Waals surface area contributed by atoms with Gasteiger partial charge in [0, 0.05) is 43.6 Å². The molecule has 0 aromatic carbocycles. The van der Waals surface area contributed by atoms with Crippen molar-refractivity contribution < 1.29 is 0 Å². The number of rotatable bonds is 7. The van der Waals surface area contributed by atoms with Crippen LogP contribution in [0.2, 0.25) is 0 Å². The second kappa shape index (κ2) is 7.31. The molecule has 1 atom stereocenters. The van der Waals surface area contributed by atoms with E-state index in [1.54, 1.807) is 16.8 Å². The molecule has 0 aliphatic heterocycles. The third-order valence-electron chi connectivity index (χ3n) is 3.29. The van der Waals surface area contributed by atoms with Crippen LogP contribution in [-0.2, 0) is 6.54 Å². The standard InChI is InChI=1S/C14H26N4O/c1-5-17(12(2)10-16(3)4)8-9-18-11-13(15)6-7-14(18)19/h6-7,11-12H,5,8-10,15H2,1-4H3. The van der Waals surface area contributed by atoms with E-state index < -0.39 is 0 Å². The lowest BCUT2D eigenvalue weighted by Crippen LogP contribution is -2.42. The van der Waals surface area contributed by atoms with E-state index in [2.05, 4.69) is 37.7 Å². The van der Waals surface area contributed by atoms with Gasteiger partial charge in [0.15, 0.2) is 0 Å². The summed E-state index contributed by atoms with van der Waals surface area (Å²) in [6.45, 7) is 7.88. The quantitative estimate of drug-likeness (QED) is 0.789. The number of pyridine rings is 1. The van der Waals surface area contributed by atoms with Crippen LogP contribution in [0.15, 0.2) is 23.1 Å². The van der Waals surface area contributed by atoms with Crippen molar-refractivity contribution in [1.82, 2.24) is 14.4 Å². The number of likely N-dealkylation sites (N-methyl/N-ethyl adjacent to an activating group) is 2. The largest absolute Gasteiger partial charge is 0.398 e. The Morgan fingerprint density at radius 2 is 2.05 bits per heavy atom. The zero-order valence-electron chi connectivity index (χ0n) is 12.5. The number of nitrogen functional groups attached to an aromatic ring is 1. The average Bonchev–Trinajstić information content (AvgIpc) is 2.33. The maximum Gasteiger partial charge on any atom is 0.250 e. The molecule has 19 heavy (non-hydrogen) atoms. The Balaban J connectivity index is 2.62. The van der Waals surface area contributed by atoms with Gasteiger partial charge in [0.25, 0.3) is 5.56 Å². The van der Waals surface area contributed by atoms with Crippen LogP contribution >= 0.6 is 0 Å². The van der Waals surface area contributed by atoms with Crippen molar-refractivity contribution >= 4 is 5.69 Å². The molecular weight excluding hydrogens is 240 g/mol. The van der Waals surface area contributed by atoms with Gasteiger partial charge in [-0.05, 0) is 33.6 Å². The molecular formula is C14H26N4O. The first-order valence-corrected chi connectivity index (χ1v) is 6.78. The van der Waals surface area contributed by atoms with Crippen molar-refractivity contribution in [3.63, 3.8) is 0 Å². The SMILES string of the molecule is CCN(CCn1cc(N)ccc1=O)C(C)CN(C)C. The van der Waals surface area contributed by atoms with Crippen LogP contribution in [0.4, 0.5) is 5.69 Å². The van der Waals surface area contributed by atoms with Gasteiger partial charge in [0.2, 0.25) is 0 Å². The third kappa shape index (κ3) is 5.04. The van der Waals surface area contributed by atoms with E-state index in [-0.39, 0.29) is 5.56 Å². The van der Waals surface area contributed by atoms with Crippen molar-refractivity contribution in [2.24, 2.45) is 0 Å². The van der Waals surface area contributed by atoms with Crippen LogP contribution in [0.3, 0.4) is 0 Å². The van der Waals surface area contributed by atoms with Crippen molar-refractivity contribution in [1.29, 1.82) is 0 Å². The summed E-state index contributed by atoms with van der Waals surface area (Å²) in [6, 6.07) is 3.64. The van der Waals surface area contributed by atoms with Crippen molar-refractivity contribution in [2.45, 2.75) is 26.4 Å². The predicted molar refractivity (Wildman–Crippen MR) is 80.4 cm³/mol. The summed E-state index contributed by atoms with van der Waals surface area (Å²) in [5.74, 6) is 0. The highest BCUT2D eigenvalue weighted by Crippen LogP contribution is 2.02. The lowest BCUT2D eigenvalue weighted by atomic mass is 10.2. The van der Waals surface area contributed by atoms with Crippen molar-refractivity contribution in [3.8, 4) is 0 Å². The summed E-state index contributed by atoms with van der Waals surface area (Å²) in [6.07, 6.45) is 1.72. The summed E-state index contributed by atoms with van der Waals surface area (Å²) < 4.78 is 1.68. The van der Waals surface area contributed by atoms with Crippen LogP contribution in [-0.4, -0.2) is 54.1 Å². The molecule has 0 amide bonds. The molecule has 0 spiro atoms. The van der Waals surface area contributed by atoms with Crippen molar-refractivity contribution in [2.75, 3.05) is 39.5 Å². The third-order valence-corrected chi connectivity index (χ3v) is 3.29. The van der Waals surface area contributed by atoms with E-state index in [0.29, 0.717) is 18.3 Å². The number of nitrogens with zero attached hydrogens (tertiary/aromatic N) is 3. The normalized spacial score (nSPS) is 13.2. The summed E-state index contributed by atoms with van der Waals surface area (Å²) in [4.78, 5) is 16.3. The molecule has 1 rings (SSSR count). The van der Waals surface area contributed by atoms with E-state index in [9.17, 15) is 4.79 Å². The summed E-state index contributed by atoms with van der Waals surface area (Å²) in [7, 11) is 4.15. The molecule has 5 heteroatoms. The highest BCUT2D eigenvalue weighted by molar-refractivity contribution is 5.33. The van der Waals surface area contributed by atoms with Gasteiger partial charge in [-0.15, -0.1) is 0 Å². The van der Waals surface area contributed by atoms with Gasteiger partial charge in [0.05, 0.1) is 0 Å². The zero-order valence-corrected chi connectivity index (χ0v) is 12.5. The van der Waals surface area contributed by atoms with E-state index in [0.717, 1.165) is 19.6 Å². The van der Waals surface area contributed by atoms with Crippen LogP contribution in [0, 0.1) is 0 Å². The van der Waals surface area contributed by atoms with Gasteiger partial charge in [-0.2, -0.15) is 0 Å². The van der Waals surface area contributed by atoms with Crippen LogP contribution in [0.25, 0.3) is 0 Å². The minimum absolute atomic E-state index is 0.00511. The molecule has 0 bridgehead atoms. The first-order chi connectivity index (χ1) is 8.93. The number of hydrogen-bond acceptors (Lipinski definition) is 4. The molecule has 0 aliphatic rings. The van der Waals surface area contributed by atoms with E-state index >= 15 is 0 Å². The summed E-state index contributed by atoms with van der Waals surface area (Å²) in [5.41, 5.74) is 6.35. The van der Waals surface area contributed by atoms with E-state index in [1.165, 1.54) is 6.07 Å². The fourth-order valence-corrected chi connectivity index (χ4v) is 2.29. The van der Waals surface area contributed by atoms with Gasteiger partial charge < -0.3 is 15.2 Å². The van der Waals surface area contributed by atoms with Gasteiger partial charge >= 0.3 is 0 Å². The van der Waals surface area contributed by atoms with Gasteiger partial charge in [-0.1, -0.05) is 6.92 Å². The topological polar surface area (TPSA) is 54.5 Å². The fraction of sp³-hybridized carbons (Fsp3) is 0.643. The van der Waals surface area contributed by atoms with Crippen molar-refractivity contribution in [3.05, 3.63) is 28.7 Å². The second-order valence-electron chi connectivity index (χ2n) is 5.23. The number of nitrogens with two attached hydrogens (primary N) is 1. The maximum atomic E-state index is 11.7. The lowest BCUT2D eigenvalue weighted by molar-refractivity contribution is 0.175. The highest BCUT2D eigenvalue weighted by Gasteiger charge is 2.12. The van der Waals surface area contributed by atoms with Gasteiger partial charge in [-0.25, -0.2) is 0 Å². The Labute approximate surface area is 115 Å². The minimum Gasteiger partial charge on any atom is -0.398 e. The summed E-state index contributed by atoms with van der Waals surface area (Å²) in [5, 5.41) is 0. The summed E-state index contributed by atoms with van der Waals surface area (Å²) >= 11 is 0. The van der Waals surface area contributed by atoms with E-state index in [4.69, 9.17) is 5.73 Å². The molecule has 0 fully saturated rings. The Morgan fingerprint density at radius 1 is 1.37 bits per heavy atom. The minimum atomic E-state index is 0.00511. The zero-order chi connectivity index (χ0) is 14.4. The van der Waals surface area contributed by atoms with Gasteiger partial charge in [0.1, 0.15) is 0 Å². The Hall–Kier alpha value is -1.33. The number of hydrogen-bond donors (Lipinski definition) is 1. The number of anilines is 1. The Kier molecular flexibility index (Phi) is 6.05. The molecule has 1 aromatic heterocycles. The highest BCUT2D eigenvalue weighted by atomic mass is 16.1. The molecule has 0 saturated heterocycles.